The van der Waals surface area contributed by atoms with Crippen molar-refractivity contribution in [1.29, 1.82) is 0 Å². The third kappa shape index (κ3) is 3.77. The maximum absolute atomic E-state index is 6.27. The molecule has 0 aliphatic rings. The zero-order valence-corrected chi connectivity index (χ0v) is 13.5. The van der Waals surface area contributed by atoms with Crippen molar-refractivity contribution in [1.82, 2.24) is 9.55 Å². The molecule has 0 spiro atoms. The number of aryl methyl sites for hydroxylation is 1. The normalized spacial score (nSPS) is 11.3. The van der Waals surface area contributed by atoms with Gasteiger partial charge in [0.2, 0.25) is 0 Å². The van der Waals surface area contributed by atoms with Crippen LogP contribution in [0, 0.1) is 4.77 Å². The molecule has 1 N–H and O–H groups in total. The molecule has 104 valence electrons. The number of thioether (sulfide) groups is 1. The summed E-state index contributed by atoms with van der Waals surface area (Å²) in [4.78, 5) is 3.22. The van der Waals surface area contributed by atoms with Crippen LogP contribution in [0.2, 0.25) is 5.02 Å². The first kappa shape index (κ1) is 14.9. The Morgan fingerprint density at radius 2 is 2.05 bits per heavy atom. The highest BCUT2D eigenvalue weighted by Gasteiger charge is 2.07. The van der Waals surface area contributed by atoms with Gasteiger partial charge in [-0.25, -0.2) is 0 Å². The number of hydrogen-bond acceptors (Lipinski definition) is 2. The lowest BCUT2D eigenvalue weighted by atomic mass is 10.2. The Morgan fingerprint density at radius 1 is 1.26 bits per heavy atom. The number of nitrogens with zero attached hydrogens (tertiary/aromatic N) is 1. The van der Waals surface area contributed by atoms with Crippen molar-refractivity contribution in [3.05, 3.63) is 28.0 Å². The van der Waals surface area contributed by atoms with E-state index in [4.69, 9.17) is 23.8 Å². The van der Waals surface area contributed by atoms with Gasteiger partial charge in [0.05, 0.1) is 16.1 Å². The number of aromatic nitrogens is 2. The second kappa shape index (κ2) is 7.36. The molecule has 2 nitrogen and oxygen atoms in total. The Morgan fingerprint density at radius 3 is 2.84 bits per heavy atom. The molecule has 0 unspecified atom stereocenters. The molecule has 5 heteroatoms. The number of fused-ring (bicyclic) bond motifs is 1. The van der Waals surface area contributed by atoms with Gasteiger partial charge in [0.25, 0.3) is 0 Å². The van der Waals surface area contributed by atoms with Crippen molar-refractivity contribution in [3.63, 3.8) is 0 Å². The molecule has 0 saturated heterocycles. The molecule has 1 heterocycles. The van der Waals surface area contributed by atoms with Gasteiger partial charge in [-0.15, -0.1) is 0 Å². The van der Waals surface area contributed by atoms with Gasteiger partial charge in [-0.1, -0.05) is 30.5 Å². The molecule has 1 aromatic carbocycles. The highest BCUT2D eigenvalue weighted by Crippen LogP contribution is 2.23. The Hall–Kier alpha value is -0.450. The summed E-state index contributed by atoms with van der Waals surface area (Å²) >= 11 is 13.6. The van der Waals surface area contributed by atoms with Crippen LogP contribution in [0.5, 0.6) is 0 Å². The lowest BCUT2D eigenvalue weighted by Crippen LogP contribution is -1.98. The Bertz CT molecular complexity index is 589. The van der Waals surface area contributed by atoms with Crippen LogP contribution in [0.4, 0.5) is 0 Å². The smallest absolute Gasteiger partial charge is 0.178 e. The van der Waals surface area contributed by atoms with Crippen LogP contribution >= 0.6 is 35.6 Å². The molecule has 0 bridgehead atoms. The average molecular weight is 315 g/mol. The average Bonchev–Trinajstić information content (AvgIpc) is 2.71. The molecular formula is C14H19ClN2S2. The third-order valence-corrected chi connectivity index (χ3v) is 4.55. The second-order valence-electron chi connectivity index (χ2n) is 4.62. The molecule has 2 rings (SSSR count). The molecule has 0 fully saturated rings. The van der Waals surface area contributed by atoms with Crippen molar-refractivity contribution < 1.29 is 0 Å². The van der Waals surface area contributed by atoms with Crippen molar-refractivity contribution in [2.45, 2.75) is 32.2 Å². The number of H-pyrrole nitrogens is 1. The van der Waals surface area contributed by atoms with Gasteiger partial charge in [-0.2, -0.15) is 11.8 Å². The van der Waals surface area contributed by atoms with Crippen LogP contribution in [-0.4, -0.2) is 21.6 Å². The number of benzene rings is 1. The van der Waals surface area contributed by atoms with E-state index in [0.29, 0.717) is 0 Å². The molecule has 0 amide bonds. The van der Waals surface area contributed by atoms with Crippen LogP contribution < -0.4 is 0 Å². The molecule has 2 aromatic rings. The molecule has 0 atom stereocenters. The number of hydrogen-bond donors (Lipinski definition) is 1. The van der Waals surface area contributed by atoms with E-state index in [0.717, 1.165) is 33.8 Å². The summed E-state index contributed by atoms with van der Waals surface area (Å²) < 4.78 is 2.90. The van der Waals surface area contributed by atoms with Crippen LogP contribution in [0.15, 0.2) is 18.2 Å². The van der Waals surface area contributed by atoms with E-state index < -0.39 is 0 Å². The fourth-order valence-corrected chi connectivity index (χ4v) is 3.32. The first-order valence-corrected chi connectivity index (χ1v) is 8.78. The molecule has 1 aromatic heterocycles. The Balaban J connectivity index is 2.00. The second-order valence-corrected chi connectivity index (χ2v) is 6.40. The number of halogens is 1. The maximum atomic E-state index is 6.27. The number of rotatable bonds is 7. The number of unbranched alkanes of at least 4 members (excludes halogenated alkanes) is 3. The van der Waals surface area contributed by atoms with E-state index in [1.54, 1.807) is 0 Å². The van der Waals surface area contributed by atoms with Crippen molar-refractivity contribution >= 4 is 46.6 Å². The van der Waals surface area contributed by atoms with E-state index in [9.17, 15) is 0 Å². The summed E-state index contributed by atoms with van der Waals surface area (Å²) in [5, 5.41) is 0.771. The predicted molar refractivity (Wildman–Crippen MR) is 89.0 cm³/mol. The van der Waals surface area contributed by atoms with Gasteiger partial charge >= 0.3 is 0 Å². The summed E-state index contributed by atoms with van der Waals surface area (Å²) in [6.07, 6.45) is 7.17. The largest absolute Gasteiger partial charge is 0.331 e. The van der Waals surface area contributed by atoms with E-state index in [1.807, 2.05) is 30.0 Å². The minimum absolute atomic E-state index is 0.771. The van der Waals surface area contributed by atoms with Crippen molar-refractivity contribution in [3.8, 4) is 0 Å². The summed E-state index contributed by atoms with van der Waals surface area (Å²) in [7, 11) is 0. The molecule has 0 radical (unpaired) electrons. The topological polar surface area (TPSA) is 20.7 Å². The summed E-state index contributed by atoms with van der Waals surface area (Å²) in [5.41, 5.74) is 2.07. The first-order valence-electron chi connectivity index (χ1n) is 6.60. The van der Waals surface area contributed by atoms with Gasteiger partial charge in [-0.3, -0.25) is 0 Å². The van der Waals surface area contributed by atoms with Crippen LogP contribution in [0.3, 0.4) is 0 Å². The zero-order valence-electron chi connectivity index (χ0n) is 11.1. The zero-order chi connectivity index (χ0) is 13.7. The standard InChI is InChI=1S/C14H19ClN2S2/c1-19-10-5-3-2-4-9-17-13-11(15)7-6-8-12(13)16-14(17)18/h6-8H,2-5,9-10H2,1H3,(H,16,18). The van der Waals surface area contributed by atoms with Gasteiger partial charge in [0, 0.05) is 6.54 Å². The Kier molecular flexibility index (Phi) is 5.79. The lowest BCUT2D eigenvalue weighted by molar-refractivity contribution is 0.589. The SMILES string of the molecule is CSCCCCCCn1c(=S)[nH]c2cccc(Cl)c21. The van der Waals surface area contributed by atoms with Crippen LogP contribution in [-0.2, 0) is 6.54 Å². The predicted octanol–water partition coefficient (Wildman–Crippen LogP) is 5.28. The summed E-state index contributed by atoms with van der Waals surface area (Å²) in [6.45, 7) is 0.946. The number of nitrogens with one attached hydrogen (secondary N) is 1. The van der Waals surface area contributed by atoms with E-state index in [1.165, 1.54) is 25.0 Å². The highest BCUT2D eigenvalue weighted by molar-refractivity contribution is 7.98. The van der Waals surface area contributed by atoms with Crippen molar-refractivity contribution in [2.75, 3.05) is 12.0 Å². The fourth-order valence-electron chi connectivity index (χ4n) is 2.26. The number of para-hydroxylation sites is 1. The van der Waals surface area contributed by atoms with Gasteiger partial charge in [-0.05, 0) is 49.2 Å². The number of aromatic amines is 1. The molecule has 0 saturated carbocycles. The molecular weight excluding hydrogens is 296 g/mol. The minimum Gasteiger partial charge on any atom is -0.331 e. The van der Waals surface area contributed by atoms with Crippen LogP contribution in [0.1, 0.15) is 25.7 Å². The fraction of sp³-hybridized carbons (Fsp3) is 0.500. The first-order chi connectivity index (χ1) is 9.24. The molecule has 19 heavy (non-hydrogen) atoms. The molecule has 0 aliphatic carbocycles. The third-order valence-electron chi connectivity index (χ3n) is 3.22. The van der Waals surface area contributed by atoms with E-state index in [2.05, 4.69) is 15.8 Å². The highest BCUT2D eigenvalue weighted by atomic mass is 35.5. The van der Waals surface area contributed by atoms with E-state index in [-0.39, 0.29) is 0 Å². The van der Waals surface area contributed by atoms with Gasteiger partial charge in [0.1, 0.15) is 0 Å². The molecule has 0 aliphatic heterocycles. The monoisotopic (exact) mass is 314 g/mol. The van der Waals surface area contributed by atoms with Gasteiger partial charge in [0.15, 0.2) is 4.77 Å². The van der Waals surface area contributed by atoms with Gasteiger partial charge < -0.3 is 9.55 Å². The minimum atomic E-state index is 0.771. The summed E-state index contributed by atoms with van der Waals surface area (Å²) in [6, 6.07) is 5.89. The van der Waals surface area contributed by atoms with E-state index >= 15 is 0 Å². The lowest BCUT2D eigenvalue weighted by Gasteiger charge is -2.05. The Labute approximate surface area is 128 Å². The summed E-state index contributed by atoms with van der Waals surface area (Å²) in [5.74, 6) is 1.26. The maximum Gasteiger partial charge on any atom is 0.178 e. The number of imidazole rings is 1. The van der Waals surface area contributed by atoms with Crippen molar-refractivity contribution in [2.24, 2.45) is 0 Å². The van der Waals surface area contributed by atoms with Crippen LogP contribution in [0.25, 0.3) is 11.0 Å². The quantitative estimate of drug-likeness (QED) is 0.554.